The first-order valence-electron chi connectivity index (χ1n) is 13.0. The van der Waals surface area contributed by atoms with Gasteiger partial charge in [-0.15, -0.1) is 45.3 Å². The number of rotatable bonds is 8. The third-order valence-corrected chi connectivity index (χ3v) is 12.0. The topological polar surface area (TPSA) is 3.24 Å². The van der Waals surface area contributed by atoms with E-state index in [2.05, 4.69) is 102 Å². The Morgan fingerprint density at radius 1 is 0.529 bits per heavy atom. The molecular weight excluding hydrogens is 489 g/mol. The van der Waals surface area contributed by atoms with Gasteiger partial charge in [0.1, 0.15) is 0 Å². The first-order valence-corrected chi connectivity index (χ1v) is 16.2. The lowest BCUT2D eigenvalue weighted by atomic mass is 9.46. The molecule has 0 spiro atoms. The Hall–Kier alpha value is -1.34. The van der Waals surface area contributed by atoms with Gasteiger partial charge < -0.3 is 4.81 Å². The smallest absolute Gasteiger partial charge is 0.331 e. The third-order valence-electron chi connectivity index (χ3n) is 6.92. The van der Waals surface area contributed by atoms with Crippen molar-refractivity contribution in [3.8, 4) is 19.5 Å². The van der Waals surface area contributed by atoms with E-state index in [4.69, 9.17) is 0 Å². The molecule has 1 nitrogen and oxygen atoms in total. The van der Waals surface area contributed by atoms with E-state index in [1.807, 2.05) is 0 Å². The molecule has 4 aromatic heterocycles. The van der Waals surface area contributed by atoms with Crippen molar-refractivity contribution in [3.63, 3.8) is 0 Å². The van der Waals surface area contributed by atoms with E-state index in [0.29, 0.717) is 6.85 Å². The average Bonchev–Trinajstić information content (AvgIpc) is 3.57. The van der Waals surface area contributed by atoms with Crippen LogP contribution in [0.5, 0.6) is 0 Å². The normalized spacial score (nSPS) is 13.5. The van der Waals surface area contributed by atoms with Gasteiger partial charge in [0.2, 0.25) is 0 Å². The zero-order valence-electron chi connectivity index (χ0n) is 20.6. The summed E-state index contributed by atoms with van der Waals surface area (Å²) in [6.45, 7) is 9.55. The van der Waals surface area contributed by atoms with E-state index in [1.165, 1.54) is 82.2 Å². The molecule has 176 valence electrons. The fourth-order valence-electron chi connectivity index (χ4n) is 5.56. The zero-order valence-corrected chi connectivity index (χ0v) is 23.9. The summed E-state index contributed by atoms with van der Waals surface area (Å²) in [5.41, 5.74) is 6.04. The van der Waals surface area contributed by atoms with Crippen LogP contribution >= 0.6 is 45.3 Å². The summed E-state index contributed by atoms with van der Waals surface area (Å²) < 4.78 is 0. The second-order valence-corrected chi connectivity index (χ2v) is 14.2. The number of hydrogen-bond donors (Lipinski definition) is 0. The van der Waals surface area contributed by atoms with E-state index in [0.717, 1.165) is 0 Å². The van der Waals surface area contributed by atoms with Crippen LogP contribution in [-0.4, -0.2) is 6.85 Å². The van der Waals surface area contributed by atoms with Crippen molar-refractivity contribution in [3.05, 3.63) is 43.8 Å². The van der Waals surface area contributed by atoms with Crippen LogP contribution in [0.3, 0.4) is 0 Å². The number of anilines is 2. The minimum atomic E-state index is 0.321. The van der Waals surface area contributed by atoms with Gasteiger partial charge in [-0.2, -0.15) is 0 Å². The molecule has 0 unspecified atom stereocenters. The molecule has 2 aliphatic heterocycles. The Morgan fingerprint density at radius 2 is 0.882 bits per heavy atom. The highest BCUT2D eigenvalue weighted by Gasteiger charge is 2.46. The lowest BCUT2D eigenvalue weighted by Crippen LogP contribution is -2.58. The van der Waals surface area contributed by atoms with Crippen molar-refractivity contribution >= 4 is 74.5 Å². The monoisotopic (exact) mass is 521 g/mol. The quantitative estimate of drug-likeness (QED) is 0.210. The fraction of sp³-hybridized carbons (Fsp3) is 0.429. The molecular formula is C28H32BNS4. The lowest BCUT2D eigenvalue weighted by molar-refractivity contribution is 0.939. The van der Waals surface area contributed by atoms with Gasteiger partial charge in [-0.05, 0) is 48.7 Å². The maximum Gasteiger partial charge on any atom is 0.331 e. The van der Waals surface area contributed by atoms with Gasteiger partial charge in [0.15, 0.2) is 0 Å². The molecule has 0 saturated heterocycles. The predicted octanol–water partition coefficient (Wildman–Crippen LogP) is 8.65. The second-order valence-electron chi connectivity index (χ2n) is 9.62. The van der Waals surface area contributed by atoms with E-state index in [1.54, 1.807) is 30.4 Å². The number of thiophene rings is 4. The minimum absolute atomic E-state index is 0.321. The molecule has 2 aliphatic rings. The van der Waals surface area contributed by atoms with Gasteiger partial charge >= 0.3 is 6.85 Å². The predicted molar refractivity (Wildman–Crippen MR) is 158 cm³/mol. The minimum Gasteiger partial charge on any atom is -0.374 e. The van der Waals surface area contributed by atoms with Gasteiger partial charge in [-0.3, -0.25) is 0 Å². The molecule has 0 radical (unpaired) electrons. The number of nitrogens with zero attached hydrogens (tertiary/aromatic N) is 1. The van der Waals surface area contributed by atoms with Gasteiger partial charge in [0, 0.05) is 40.6 Å². The van der Waals surface area contributed by atoms with Crippen LogP contribution in [0.1, 0.15) is 72.9 Å². The number of aryl methyl sites for hydroxylation is 4. The molecule has 0 atom stereocenters. The zero-order chi connectivity index (χ0) is 23.4. The molecule has 6 heterocycles. The summed E-state index contributed by atoms with van der Waals surface area (Å²) in [4.78, 5) is 15.1. The van der Waals surface area contributed by atoms with Gasteiger partial charge in [-0.1, -0.05) is 65.5 Å². The third kappa shape index (κ3) is 3.59. The standard InChI is InChI=1S/C28H32BNS4/c1-5-9-17-13-21-25(31-17)27-23(15-19(33-27)11-7-3)30-24-16-20(12-8-4)34-28(24)26-22(29(21)30)14-18(32-26)10-6-2/h13-16H,5-12H2,1-4H3. The van der Waals surface area contributed by atoms with Crippen LogP contribution in [0.25, 0.3) is 19.5 Å². The van der Waals surface area contributed by atoms with E-state index < -0.39 is 0 Å². The summed E-state index contributed by atoms with van der Waals surface area (Å²) in [6.07, 6.45) is 9.59. The summed E-state index contributed by atoms with van der Waals surface area (Å²) in [6, 6.07) is 10.2. The van der Waals surface area contributed by atoms with Crippen molar-refractivity contribution in [1.82, 2.24) is 0 Å². The van der Waals surface area contributed by atoms with Crippen LogP contribution in [0.2, 0.25) is 0 Å². The molecule has 34 heavy (non-hydrogen) atoms. The Bertz CT molecular complexity index is 1130. The number of hydrogen-bond acceptors (Lipinski definition) is 5. The highest BCUT2D eigenvalue weighted by atomic mass is 32.1. The maximum absolute atomic E-state index is 2.74. The van der Waals surface area contributed by atoms with Crippen LogP contribution < -0.4 is 15.7 Å². The first-order chi connectivity index (χ1) is 16.7. The van der Waals surface area contributed by atoms with Crippen LogP contribution in [-0.2, 0) is 25.7 Å². The van der Waals surface area contributed by atoms with Crippen LogP contribution in [0.4, 0.5) is 11.4 Å². The second kappa shape index (κ2) is 9.27. The summed E-state index contributed by atoms with van der Waals surface area (Å²) in [5.74, 6) is 0. The largest absolute Gasteiger partial charge is 0.374 e. The van der Waals surface area contributed by atoms with Crippen molar-refractivity contribution in [2.24, 2.45) is 0 Å². The number of fused-ring (bicyclic) bond motifs is 11. The molecule has 4 aromatic rings. The molecule has 0 aliphatic carbocycles. The first kappa shape index (κ1) is 23.1. The molecule has 0 amide bonds. The molecule has 0 N–H and O–H groups in total. The summed E-state index contributed by atoms with van der Waals surface area (Å²) in [7, 11) is 0. The van der Waals surface area contributed by atoms with Crippen molar-refractivity contribution in [2.75, 3.05) is 4.81 Å². The van der Waals surface area contributed by atoms with Crippen molar-refractivity contribution in [1.29, 1.82) is 0 Å². The lowest BCUT2D eigenvalue weighted by Gasteiger charge is -2.38. The summed E-state index contributed by atoms with van der Waals surface area (Å²) in [5, 5.41) is 0. The van der Waals surface area contributed by atoms with Crippen LogP contribution in [0, 0.1) is 0 Å². The Morgan fingerprint density at radius 3 is 1.26 bits per heavy atom. The van der Waals surface area contributed by atoms with E-state index in [-0.39, 0.29) is 0 Å². The van der Waals surface area contributed by atoms with Crippen LogP contribution in [0.15, 0.2) is 24.3 Å². The molecule has 6 heteroatoms. The van der Waals surface area contributed by atoms with Crippen molar-refractivity contribution < 1.29 is 0 Å². The van der Waals surface area contributed by atoms with Gasteiger partial charge in [-0.25, -0.2) is 0 Å². The molecule has 0 fully saturated rings. The highest BCUT2D eigenvalue weighted by Crippen LogP contribution is 2.54. The van der Waals surface area contributed by atoms with Gasteiger partial charge in [0.05, 0.1) is 9.75 Å². The maximum atomic E-state index is 2.74. The van der Waals surface area contributed by atoms with Crippen molar-refractivity contribution in [2.45, 2.75) is 79.1 Å². The van der Waals surface area contributed by atoms with Gasteiger partial charge in [0.25, 0.3) is 0 Å². The summed E-state index contributed by atoms with van der Waals surface area (Å²) >= 11 is 8.23. The molecule has 0 saturated carbocycles. The fourth-order valence-corrected chi connectivity index (χ4v) is 11.0. The molecule has 0 bridgehead atoms. The Kier molecular flexibility index (Phi) is 6.30. The SMILES string of the molecule is CCCc1cc2c(s1)-c1sc(CCC)cc1N1B2c2cc(CCC)sc2-c2sc(CCC)cc21. The molecule has 0 aromatic carbocycles. The van der Waals surface area contributed by atoms with E-state index >= 15 is 0 Å². The average molecular weight is 522 g/mol. The highest BCUT2D eigenvalue weighted by molar-refractivity contribution is 7.27. The Balaban J connectivity index is 1.62. The van der Waals surface area contributed by atoms with E-state index in [9.17, 15) is 0 Å². The molecule has 6 rings (SSSR count). The Labute approximate surface area is 220 Å².